The molecule has 0 radical (unpaired) electrons. The van der Waals surface area contributed by atoms with Gasteiger partial charge in [-0.15, -0.1) is 0 Å². The summed E-state index contributed by atoms with van der Waals surface area (Å²) in [4.78, 5) is 0. The van der Waals surface area contributed by atoms with Crippen LogP contribution in [-0.2, 0) is 35.0 Å². The van der Waals surface area contributed by atoms with Gasteiger partial charge in [0.15, 0.2) is 17.9 Å². The fourth-order valence-corrected chi connectivity index (χ4v) is 4.07. The molecule has 3 heterocycles. The molecule has 1 aromatic carbocycles. The van der Waals surface area contributed by atoms with Gasteiger partial charge in [0, 0.05) is 0 Å². The Labute approximate surface area is 170 Å². The van der Waals surface area contributed by atoms with Gasteiger partial charge in [-0.3, -0.25) is 0 Å². The Morgan fingerprint density at radius 2 is 1.62 bits per heavy atom. The van der Waals surface area contributed by atoms with Gasteiger partial charge < -0.3 is 33.5 Å². The lowest BCUT2D eigenvalue weighted by Gasteiger charge is -2.42. The summed E-state index contributed by atoms with van der Waals surface area (Å²) in [5.74, 6) is -1.79. The predicted molar refractivity (Wildman–Crippen MR) is 99.2 cm³/mol. The fourth-order valence-electron chi connectivity index (χ4n) is 4.07. The highest BCUT2D eigenvalue weighted by Gasteiger charge is 2.64. The molecule has 3 fully saturated rings. The number of ether oxygens (including phenoxy) is 6. The van der Waals surface area contributed by atoms with E-state index in [0.29, 0.717) is 0 Å². The van der Waals surface area contributed by atoms with E-state index in [-0.39, 0.29) is 13.2 Å². The van der Waals surface area contributed by atoms with Crippen LogP contribution in [0, 0.1) is 11.3 Å². The minimum atomic E-state index is -1.96. The minimum absolute atomic E-state index is 0.252. The Kier molecular flexibility index (Phi) is 5.20. The van der Waals surface area contributed by atoms with Crippen molar-refractivity contribution in [2.45, 2.75) is 82.2 Å². The first kappa shape index (κ1) is 20.7. The summed E-state index contributed by atoms with van der Waals surface area (Å²) >= 11 is 0. The lowest BCUT2D eigenvalue weighted by Crippen LogP contribution is -2.63. The van der Waals surface area contributed by atoms with Crippen molar-refractivity contribution in [2.24, 2.45) is 0 Å². The van der Waals surface area contributed by atoms with Gasteiger partial charge in [0.2, 0.25) is 5.60 Å². The molecule has 1 N–H and O–H groups in total. The van der Waals surface area contributed by atoms with E-state index in [0.717, 1.165) is 5.56 Å². The molecule has 1 aromatic rings. The lowest BCUT2D eigenvalue weighted by molar-refractivity contribution is -0.269. The van der Waals surface area contributed by atoms with Gasteiger partial charge in [-0.05, 0) is 33.3 Å². The van der Waals surface area contributed by atoms with Gasteiger partial charge >= 0.3 is 0 Å². The molecule has 0 amide bonds. The average molecular weight is 405 g/mol. The van der Waals surface area contributed by atoms with Crippen LogP contribution in [0.2, 0.25) is 0 Å². The number of rotatable bonds is 5. The van der Waals surface area contributed by atoms with Gasteiger partial charge in [-0.1, -0.05) is 30.3 Å². The van der Waals surface area contributed by atoms with Crippen molar-refractivity contribution in [2.75, 3.05) is 6.61 Å². The van der Waals surface area contributed by atoms with Crippen LogP contribution < -0.4 is 0 Å². The van der Waals surface area contributed by atoms with Crippen LogP contribution in [0.5, 0.6) is 0 Å². The summed E-state index contributed by atoms with van der Waals surface area (Å²) in [7, 11) is 0. The topological polar surface area (TPSA) is 99.4 Å². The Balaban J connectivity index is 1.53. The molecule has 3 saturated heterocycles. The Bertz CT molecular complexity index is 777. The Hall–Kier alpha value is -1.57. The molecule has 158 valence electrons. The first-order chi connectivity index (χ1) is 13.6. The van der Waals surface area contributed by atoms with Crippen LogP contribution in [0.3, 0.4) is 0 Å². The number of hydrogen-bond acceptors (Lipinski definition) is 8. The highest BCUT2D eigenvalue weighted by Crippen LogP contribution is 2.46. The standard InChI is InChI=1S/C21H27NO7/c1-19(2)26-14-15(27-19)17(25-18-16(14)28-20(3,4)29-18)21(23,11-22)12-24-10-13-8-6-5-7-9-13/h5-9,14-18,23H,10,12H2,1-4H3/t14-,15+,16+,17-,18+,21+/m0/s1. The number of aliphatic hydroxyl groups is 1. The van der Waals surface area contributed by atoms with E-state index in [4.69, 9.17) is 28.4 Å². The zero-order valence-electron chi connectivity index (χ0n) is 17.0. The second kappa shape index (κ2) is 7.29. The second-order valence-electron chi connectivity index (χ2n) is 8.60. The first-order valence-electron chi connectivity index (χ1n) is 9.75. The van der Waals surface area contributed by atoms with Crippen molar-refractivity contribution >= 4 is 0 Å². The Morgan fingerprint density at radius 1 is 1.00 bits per heavy atom. The van der Waals surface area contributed by atoms with Gasteiger partial charge in [-0.2, -0.15) is 5.26 Å². The highest BCUT2D eigenvalue weighted by molar-refractivity contribution is 5.16. The number of benzene rings is 1. The zero-order valence-corrected chi connectivity index (χ0v) is 17.0. The molecule has 3 aliphatic rings. The van der Waals surface area contributed by atoms with Crippen molar-refractivity contribution in [1.29, 1.82) is 5.26 Å². The van der Waals surface area contributed by atoms with E-state index in [2.05, 4.69) is 0 Å². The quantitative estimate of drug-likeness (QED) is 0.741. The van der Waals surface area contributed by atoms with E-state index in [9.17, 15) is 10.4 Å². The third kappa shape index (κ3) is 4.05. The molecule has 6 atom stereocenters. The van der Waals surface area contributed by atoms with Crippen LogP contribution in [-0.4, -0.2) is 59.6 Å². The summed E-state index contributed by atoms with van der Waals surface area (Å²) in [5.41, 5.74) is -1.02. The van der Waals surface area contributed by atoms with Gasteiger partial charge in [0.1, 0.15) is 30.5 Å². The number of hydrogen-bond donors (Lipinski definition) is 1. The van der Waals surface area contributed by atoms with E-state index < -0.39 is 47.9 Å². The second-order valence-corrected chi connectivity index (χ2v) is 8.60. The van der Waals surface area contributed by atoms with Gasteiger partial charge in [-0.25, -0.2) is 0 Å². The summed E-state index contributed by atoms with van der Waals surface area (Å²) in [5, 5.41) is 20.9. The van der Waals surface area contributed by atoms with Crippen molar-refractivity contribution in [1.82, 2.24) is 0 Å². The molecular weight excluding hydrogens is 378 g/mol. The maximum atomic E-state index is 11.1. The van der Waals surface area contributed by atoms with E-state index in [1.54, 1.807) is 27.7 Å². The van der Waals surface area contributed by atoms with Crippen molar-refractivity contribution < 1.29 is 33.5 Å². The first-order valence-corrected chi connectivity index (χ1v) is 9.75. The summed E-state index contributed by atoms with van der Waals surface area (Å²) in [6.07, 6.45) is -3.61. The van der Waals surface area contributed by atoms with E-state index >= 15 is 0 Å². The number of fused-ring (bicyclic) bond motifs is 3. The van der Waals surface area contributed by atoms with Crippen LogP contribution in [0.15, 0.2) is 30.3 Å². The Morgan fingerprint density at radius 3 is 2.31 bits per heavy atom. The highest BCUT2D eigenvalue weighted by atomic mass is 16.9. The molecule has 0 saturated carbocycles. The SMILES string of the molecule is CC1(C)O[C@H]2[C@@H](O1)[C@@H]([C@@](O)(C#N)COCc1ccccc1)O[C@@H]1OC(C)(C)O[C@@H]12. The molecule has 4 rings (SSSR count). The smallest absolute Gasteiger partial charge is 0.203 e. The van der Waals surface area contributed by atoms with Crippen molar-refractivity contribution in [3.63, 3.8) is 0 Å². The molecule has 3 aliphatic heterocycles. The minimum Gasteiger partial charge on any atom is -0.373 e. The lowest BCUT2D eigenvalue weighted by atomic mass is 9.87. The molecule has 0 bridgehead atoms. The van der Waals surface area contributed by atoms with Crippen LogP contribution in [0.4, 0.5) is 0 Å². The van der Waals surface area contributed by atoms with Crippen LogP contribution >= 0.6 is 0 Å². The molecular formula is C21H27NO7. The normalized spacial score (nSPS) is 36.6. The monoisotopic (exact) mass is 405 g/mol. The average Bonchev–Trinajstić information content (AvgIpc) is 3.15. The van der Waals surface area contributed by atoms with Crippen molar-refractivity contribution in [3.8, 4) is 6.07 Å². The largest absolute Gasteiger partial charge is 0.373 e. The molecule has 0 unspecified atom stereocenters. The molecule has 0 aliphatic carbocycles. The molecule has 0 spiro atoms. The molecule has 0 aromatic heterocycles. The third-order valence-electron chi connectivity index (χ3n) is 5.25. The maximum absolute atomic E-state index is 11.1. The van der Waals surface area contributed by atoms with Crippen LogP contribution in [0.1, 0.15) is 33.3 Å². The van der Waals surface area contributed by atoms with Crippen molar-refractivity contribution in [3.05, 3.63) is 35.9 Å². The summed E-state index contributed by atoms with van der Waals surface area (Å²) in [6.45, 7) is 7.11. The van der Waals surface area contributed by atoms with E-state index in [1.165, 1.54) is 0 Å². The number of nitriles is 1. The predicted octanol–water partition coefficient (Wildman–Crippen LogP) is 1.85. The number of nitrogens with zero attached hydrogens (tertiary/aromatic N) is 1. The summed E-state index contributed by atoms with van der Waals surface area (Å²) in [6, 6.07) is 11.5. The molecule has 8 heteroatoms. The third-order valence-corrected chi connectivity index (χ3v) is 5.25. The van der Waals surface area contributed by atoms with Gasteiger partial charge in [0.25, 0.3) is 0 Å². The molecule has 8 nitrogen and oxygen atoms in total. The maximum Gasteiger partial charge on any atom is 0.203 e. The van der Waals surface area contributed by atoms with Crippen LogP contribution in [0.25, 0.3) is 0 Å². The zero-order chi connectivity index (χ0) is 20.9. The fraction of sp³-hybridized carbons (Fsp3) is 0.667. The summed E-state index contributed by atoms with van der Waals surface area (Å²) < 4.78 is 35.5. The van der Waals surface area contributed by atoms with Gasteiger partial charge in [0.05, 0.1) is 13.2 Å². The molecule has 29 heavy (non-hydrogen) atoms. The van der Waals surface area contributed by atoms with E-state index in [1.807, 2.05) is 36.4 Å².